The Hall–Kier alpha value is -0.280. The molecule has 5 atom stereocenters. The van der Waals surface area contributed by atoms with Gasteiger partial charge < -0.3 is 34.6 Å². The summed E-state index contributed by atoms with van der Waals surface area (Å²) in [5.74, 6) is 0. The molecule has 0 aromatic carbocycles. The summed E-state index contributed by atoms with van der Waals surface area (Å²) in [6.07, 6.45) is -5.60. The molecule has 1 aliphatic rings. The lowest BCUT2D eigenvalue weighted by molar-refractivity contribution is -0.318. The lowest BCUT2D eigenvalue weighted by atomic mass is 9.70. The van der Waals surface area contributed by atoms with E-state index in [2.05, 4.69) is 20.8 Å². The summed E-state index contributed by atoms with van der Waals surface area (Å²) < 4.78 is 16.0. The van der Waals surface area contributed by atoms with Crippen LogP contribution in [0.25, 0.3) is 0 Å². The first-order valence-electron chi connectivity index (χ1n) is 7.51. The molecule has 0 saturated carbocycles. The average molecular weight is 322 g/mol. The second-order valence-corrected chi connectivity index (χ2v) is 7.41. The van der Waals surface area contributed by atoms with Crippen LogP contribution in [-0.2, 0) is 14.2 Å². The minimum absolute atomic E-state index is 0.0237. The molecule has 0 radical (unpaired) electrons. The Kier molecular flexibility index (Phi) is 6.76. The van der Waals surface area contributed by atoms with Crippen molar-refractivity contribution in [3.8, 4) is 0 Å². The summed E-state index contributed by atoms with van der Waals surface area (Å²) in [6.45, 7) is 9.60. The first-order chi connectivity index (χ1) is 10.0. The van der Waals surface area contributed by atoms with Crippen LogP contribution in [0, 0.1) is 10.8 Å². The molecule has 7 heteroatoms. The van der Waals surface area contributed by atoms with Crippen molar-refractivity contribution in [3.63, 3.8) is 0 Å². The largest absolute Gasteiger partial charge is 0.394 e. The number of aliphatic hydroxyl groups is 4. The van der Waals surface area contributed by atoms with Crippen LogP contribution >= 0.6 is 0 Å². The van der Waals surface area contributed by atoms with Gasteiger partial charge in [-0.3, -0.25) is 0 Å². The fraction of sp³-hybridized carbons (Fsp3) is 1.00. The van der Waals surface area contributed by atoms with Crippen molar-refractivity contribution in [1.29, 1.82) is 0 Å². The van der Waals surface area contributed by atoms with Gasteiger partial charge in [-0.2, -0.15) is 0 Å². The molecule has 1 fully saturated rings. The van der Waals surface area contributed by atoms with Crippen molar-refractivity contribution >= 4 is 0 Å². The Balaban J connectivity index is 2.72. The van der Waals surface area contributed by atoms with Crippen molar-refractivity contribution in [2.75, 3.05) is 20.0 Å². The molecule has 4 N–H and O–H groups in total. The Morgan fingerprint density at radius 1 is 0.955 bits per heavy atom. The molecule has 0 bridgehead atoms. The quantitative estimate of drug-likeness (QED) is 0.504. The molecule has 0 aromatic rings. The Labute approximate surface area is 131 Å². The van der Waals surface area contributed by atoms with Crippen molar-refractivity contribution in [2.24, 2.45) is 10.8 Å². The summed E-state index contributed by atoms with van der Waals surface area (Å²) in [5, 5.41) is 38.3. The number of hydrogen-bond acceptors (Lipinski definition) is 7. The van der Waals surface area contributed by atoms with Crippen LogP contribution in [0.3, 0.4) is 0 Å². The molecule has 0 amide bonds. The third kappa shape index (κ3) is 4.38. The van der Waals surface area contributed by atoms with Crippen molar-refractivity contribution in [2.45, 2.75) is 65.3 Å². The standard InChI is InChI=1S/C15H30O7/c1-14(2,3)15(4,5)7-20-13-11(19)10(18)12(21-8-17)9(6-16)22-13/h9-13,16-19H,6-8H2,1-5H3. The maximum absolute atomic E-state index is 10.1. The fourth-order valence-electron chi connectivity index (χ4n) is 1.99. The summed E-state index contributed by atoms with van der Waals surface area (Å²) in [4.78, 5) is 0. The van der Waals surface area contributed by atoms with Gasteiger partial charge in [-0.15, -0.1) is 0 Å². The SMILES string of the molecule is CC(C)(C)C(C)(C)COC1OC(CO)C(OCO)C(O)C1O. The molecule has 0 spiro atoms. The van der Waals surface area contributed by atoms with Gasteiger partial charge in [0.15, 0.2) is 6.29 Å². The van der Waals surface area contributed by atoms with Crippen LogP contribution in [0.2, 0.25) is 0 Å². The Bertz CT molecular complexity index is 337. The Morgan fingerprint density at radius 2 is 1.55 bits per heavy atom. The van der Waals surface area contributed by atoms with Crippen molar-refractivity contribution in [1.82, 2.24) is 0 Å². The molecular formula is C15H30O7. The number of aliphatic hydroxyl groups excluding tert-OH is 4. The van der Waals surface area contributed by atoms with Gasteiger partial charge in [0.25, 0.3) is 0 Å². The zero-order chi connectivity index (χ0) is 17.1. The summed E-state index contributed by atoms with van der Waals surface area (Å²) >= 11 is 0. The second-order valence-electron chi connectivity index (χ2n) is 7.41. The van der Waals surface area contributed by atoms with Gasteiger partial charge in [-0.1, -0.05) is 34.6 Å². The van der Waals surface area contributed by atoms with E-state index in [4.69, 9.17) is 19.3 Å². The zero-order valence-corrected chi connectivity index (χ0v) is 14.0. The number of rotatable bonds is 6. The van der Waals surface area contributed by atoms with E-state index < -0.39 is 44.1 Å². The molecule has 7 nitrogen and oxygen atoms in total. The van der Waals surface area contributed by atoms with Crippen LogP contribution in [0.5, 0.6) is 0 Å². The molecule has 0 aliphatic carbocycles. The molecule has 1 aliphatic heterocycles. The molecule has 132 valence electrons. The summed E-state index contributed by atoms with van der Waals surface area (Å²) in [5.41, 5.74) is -0.210. The van der Waals surface area contributed by atoms with E-state index in [-0.39, 0.29) is 10.8 Å². The third-order valence-corrected chi connectivity index (χ3v) is 4.73. The van der Waals surface area contributed by atoms with Gasteiger partial charge in [0, 0.05) is 0 Å². The molecule has 22 heavy (non-hydrogen) atoms. The minimum Gasteiger partial charge on any atom is -0.394 e. The second kappa shape index (κ2) is 7.53. The van der Waals surface area contributed by atoms with Crippen molar-refractivity contribution < 1.29 is 34.6 Å². The average Bonchev–Trinajstić information content (AvgIpc) is 2.42. The smallest absolute Gasteiger partial charge is 0.186 e. The van der Waals surface area contributed by atoms with Crippen LogP contribution in [0.4, 0.5) is 0 Å². The van der Waals surface area contributed by atoms with Gasteiger partial charge in [0.05, 0.1) is 13.2 Å². The monoisotopic (exact) mass is 322 g/mol. The van der Waals surface area contributed by atoms with Crippen LogP contribution < -0.4 is 0 Å². The van der Waals surface area contributed by atoms with E-state index in [1.807, 2.05) is 13.8 Å². The van der Waals surface area contributed by atoms with Gasteiger partial charge in [-0.25, -0.2) is 0 Å². The van der Waals surface area contributed by atoms with Gasteiger partial charge in [0.1, 0.15) is 31.2 Å². The number of ether oxygens (including phenoxy) is 3. The summed E-state index contributed by atoms with van der Waals surface area (Å²) in [6, 6.07) is 0. The topological polar surface area (TPSA) is 109 Å². The first kappa shape index (κ1) is 19.8. The van der Waals surface area contributed by atoms with E-state index in [0.29, 0.717) is 6.61 Å². The number of hydrogen-bond donors (Lipinski definition) is 4. The fourth-order valence-corrected chi connectivity index (χ4v) is 1.99. The highest BCUT2D eigenvalue weighted by Gasteiger charge is 2.46. The molecule has 1 rings (SSSR count). The molecule has 5 unspecified atom stereocenters. The minimum atomic E-state index is -1.32. The molecule has 1 heterocycles. The molecule has 1 saturated heterocycles. The van der Waals surface area contributed by atoms with Crippen molar-refractivity contribution in [3.05, 3.63) is 0 Å². The maximum Gasteiger partial charge on any atom is 0.186 e. The predicted molar refractivity (Wildman–Crippen MR) is 78.9 cm³/mol. The highest BCUT2D eigenvalue weighted by molar-refractivity contribution is 4.91. The Morgan fingerprint density at radius 3 is 2.00 bits per heavy atom. The van der Waals surface area contributed by atoms with Gasteiger partial charge in [0.2, 0.25) is 0 Å². The van der Waals surface area contributed by atoms with E-state index >= 15 is 0 Å². The van der Waals surface area contributed by atoms with Gasteiger partial charge >= 0.3 is 0 Å². The highest BCUT2D eigenvalue weighted by Crippen LogP contribution is 2.38. The molecule has 0 aromatic heterocycles. The molecular weight excluding hydrogens is 292 g/mol. The first-order valence-corrected chi connectivity index (χ1v) is 7.51. The van der Waals surface area contributed by atoms with Crippen LogP contribution in [-0.4, -0.2) is 71.1 Å². The zero-order valence-electron chi connectivity index (χ0n) is 14.0. The summed E-state index contributed by atoms with van der Waals surface area (Å²) in [7, 11) is 0. The lowest BCUT2D eigenvalue weighted by Gasteiger charge is -2.44. The normalized spacial score (nSPS) is 34.0. The van der Waals surface area contributed by atoms with Crippen LogP contribution in [0.1, 0.15) is 34.6 Å². The van der Waals surface area contributed by atoms with E-state index in [1.54, 1.807) is 0 Å². The van der Waals surface area contributed by atoms with E-state index in [0.717, 1.165) is 0 Å². The van der Waals surface area contributed by atoms with Gasteiger partial charge in [-0.05, 0) is 10.8 Å². The van der Waals surface area contributed by atoms with Crippen LogP contribution in [0.15, 0.2) is 0 Å². The maximum atomic E-state index is 10.1. The van der Waals surface area contributed by atoms with E-state index in [9.17, 15) is 15.3 Å². The lowest BCUT2D eigenvalue weighted by Crippen LogP contribution is -2.60. The van der Waals surface area contributed by atoms with E-state index in [1.165, 1.54) is 0 Å². The predicted octanol–water partition coefficient (Wildman–Crippen LogP) is -0.151. The highest BCUT2D eigenvalue weighted by atomic mass is 16.7. The third-order valence-electron chi connectivity index (χ3n) is 4.73.